The van der Waals surface area contributed by atoms with Crippen LogP contribution in [0.1, 0.15) is 18.5 Å². The van der Waals surface area contributed by atoms with E-state index in [2.05, 4.69) is 50.3 Å². The van der Waals surface area contributed by atoms with E-state index in [0.29, 0.717) is 6.04 Å². The molecule has 0 radical (unpaired) electrons. The summed E-state index contributed by atoms with van der Waals surface area (Å²) in [6.07, 6.45) is 2.57. The summed E-state index contributed by atoms with van der Waals surface area (Å²) in [5, 5.41) is 3.50. The van der Waals surface area contributed by atoms with E-state index < -0.39 is 0 Å². The molecule has 0 aliphatic carbocycles. The molecule has 3 nitrogen and oxygen atoms in total. The summed E-state index contributed by atoms with van der Waals surface area (Å²) in [7, 11) is 2.11. The van der Waals surface area contributed by atoms with Crippen molar-refractivity contribution in [3.63, 3.8) is 0 Å². The first kappa shape index (κ1) is 11.9. The number of nitrogens with zero attached hydrogens (tertiary/aromatic N) is 2. The maximum absolute atomic E-state index is 4.57. The molecule has 1 N–H and O–H groups in total. The van der Waals surface area contributed by atoms with Crippen molar-refractivity contribution in [3.8, 4) is 0 Å². The van der Waals surface area contributed by atoms with Gasteiger partial charge in [0, 0.05) is 24.1 Å². The fourth-order valence-corrected chi connectivity index (χ4v) is 2.30. The molecule has 1 atom stereocenters. The number of aromatic nitrogens is 1. The first-order valence-electron chi connectivity index (χ1n) is 5.74. The summed E-state index contributed by atoms with van der Waals surface area (Å²) in [6.45, 7) is 4.22. The van der Waals surface area contributed by atoms with Gasteiger partial charge < -0.3 is 10.2 Å². The Balaban J connectivity index is 2.02. The number of nitrogens with one attached hydrogen (secondary N) is 1. The lowest BCUT2D eigenvalue weighted by atomic mass is 10.2. The highest BCUT2D eigenvalue weighted by Crippen LogP contribution is 2.19. The Morgan fingerprint density at radius 3 is 3.00 bits per heavy atom. The number of rotatable bonds is 3. The number of anilines is 1. The summed E-state index contributed by atoms with van der Waals surface area (Å²) in [5.74, 6) is 1.05. The average molecular weight is 284 g/mol. The van der Waals surface area contributed by atoms with Crippen LogP contribution in [-0.4, -0.2) is 31.2 Å². The molecule has 0 bridgehead atoms. The summed E-state index contributed by atoms with van der Waals surface area (Å²) in [4.78, 5) is 6.79. The predicted molar refractivity (Wildman–Crippen MR) is 71.0 cm³/mol. The lowest BCUT2D eigenvalue weighted by Gasteiger charge is -2.22. The molecule has 1 aliphatic heterocycles. The second kappa shape index (κ2) is 5.15. The Bertz CT molecular complexity index is 361. The van der Waals surface area contributed by atoms with E-state index in [1.807, 2.05) is 6.92 Å². The molecular weight excluding hydrogens is 266 g/mol. The van der Waals surface area contributed by atoms with Crippen LogP contribution in [0.25, 0.3) is 0 Å². The maximum Gasteiger partial charge on any atom is 0.128 e. The molecule has 1 aromatic rings. The molecular formula is C12H18BrN3. The molecule has 1 saturated heterocycles. The number of hydrogen-bond donors (Lipinski definition) is 1. The van der Waals surface area contributed by atoms with Crippen LogP contribution in [0, 0.1) is 6.92 Å². The van der Waals surface area contributed by atoms with E-state index in [0.717, 1.165) is 29.1 Å². The molecule has 4 heteroatoms. The van der Waals surface area contributed by atoms with Crippen molar-refractivity contribution < 1.29 is 0 Å². The topological polar surface area (TPSA) is 28.2 Å². The van der Waals surface area contributed by atoms with Gasteiger partial charge in [-0.05, 0) is 54.4 Å². The second-order valence-electron chi connectivity index (χ2n) is 4.41. The molecule has 1 unspecified atom stereocenters. The predicted octanol–water partition coefficient (Wildman–Crippen LogP) is 2.34. The Morgan fingerprint density at radius 1 is 1.56 bits per heavy atom. The first-order chi connectivity index (χ1) is 7.66. The highest BCUT2D eigenvalue weighted by Gasteiger charge is 2.16. The van der Waals surface area contributed by atoms with Gasteiger partial charge in [0.2, 0.25) is 0 Å². The van der Waals surface area contributed by atoms with E-state index in [9.17, 15) is 0 Å². The normalized spacial score (nSPS) is 20.1. The standard InChI is InChI=1S/C12H18BrN3/c1-9-11(13)5-6-12(15-9)16(2)8-10-4-3-7-14-10/h5-6,10,14H,3-4,7-8H2,1-2H3. The summed E-state index contributed by atoms with van der Waals surface area (Å²) in [6, 6.07) is 4.75. The van der Waals surface area contributed by atoms with Crippen molar-refractivity contribution in [1.29, 1.82) is 0 Å². The SMILES string of the molecule is Cc1nc(N(C)CC2CCCN2)ccc1Br. The molecule has 88 valence electrons. The smallest absolute Gasteiger partial charge is 0.128 e. The Kier molecular flexibility index (Phi) is 3.82. The van der Waals surface area contributed by atoms with Crippen molar-refractivity contribution in [2.75, 3.05) is 25.0 Å². The summed E-state index contributed by atoms with van der Waals surface area (Å²) >= 11 is 3.47. The van der Waals surface area contributed by atoms with Crippen molar-refractivity contribution >= 4 is 21.7 Å². The van der Waals surface area contributed by atoms with Gasteiger partial charge >= 0.3 is 0 Å². The lowest BCUT2D eigenvalue weighted by molar-refractivity contribution is 0.597. The number of likely N-dealkylation sites (N-methyl/N-ethyl adjacent to an activating group) is 1. The van der Waals surface area contributed by atoms with Gasteiger partial charge in [-0.3, -0.25) is 0 Å². The third kappa shape index (κ3) is 2.74. The van der Waals surface area contributed by atoms with E-state index in [1.165, 1.54) is 12.8 Å². The third-order valence-corrected chi connectivity index (χ3v) is 3.89. The Morgan fingerprint density at radius 2 is 2.38 bits per heavy atom. The van der Waals surface area contributed by atoms with Gasteiger partial charge in [-0.25, -0.2) is 4.98 Å². The lowest BCUT2D eigenvalue weighted by Crippen LogP contribution is -2.35. The van der Waals surface area contributed by atoms with Gasteiger partial charge in [-0.15, -0.1) is 0 Å². The Labute approximate surface area is 105 Å². The zero-order valence-corrected chi connectivity index (χ0v) is 11.4. The molecule has 2 rings (SSSR count). The molecule has 1 fully saturated rings. The fourth-order valence-electron chi connectivity index (χ4n) is 2.08. The summed E-state index contributed by atoms with van der Waals surface area (Å²) < 4.78 is 1.07. The van der Waals surface area contributed by atoms with Crippen LogP contribution in [-0.2, 0) is 0 Å². The minimum absolute atomic E-state index is 0.621. The zero-order valence-electron chi connectivity index (χ0n) is 9.83. The number of halogens is 1. The van der Waals surface area contributed by atoms with Crippen molar-refractivity contribution in [2.24, 2.45) is 0 Å². The van der Waals surface area contributed by atoms with Crippen LogP contribution >= 0.6 is 15.9 Å². The minimum Gasteiger partial charge on any atom is -0.358 e. The highest BCUT2D eigenvalue weighted by molar-refractivity contribution is 9.10. The van der Waals surface area contributed by atoms with Crippen LogP contribution in [0.4, 0.5) is 5.82 Å². The van der Waals surface area contributed by atoms with Crippen LogP contribution in [0.3, 0.4) is 0 Å². The van der Waals surface area contributed by atoms with Crippen molar-refractivity contribution in [3.05, 3.63) is 22.3 Å². The van der Waals surface area contributed by atoms with Gasteiger partial charge in [0.1, 0.15) is 5.82 Å². The first-order valence-corrected chi connectivity index (χ1v) is 6.54. The van der Waals surface area contributed by atoms with Crippen LogP contribution in [0.5, 0.6) is 0 Å². The number of aryl methyl sites for hydroxylation is 1. The fraction of sp³-hybridized carbons (Fsp3) is 0.583. The van der Waals surface area contributed by atoms with Gasteiger partial charge in [0.05, 0.1) is 5.69 Å². The molecule has 1 aromatic heterocycles. The monoisotopic (exact) mass is 283 g/mol. The van der Waals surface area contributed by atoms with E-state index in [1.54, 1.807) is 0 Å². The van der Waals surface area contributed by atoms with Gasteiger partial charge in [0.25, 0.3) is 0 Å². The van der Waals surface area contributed by atoms with Crippen LogP contribution < -0.4 is 10.2 Å². The van der Waals surface area contributed by atoms with Crippen LogP contribution in [0.15, 0.2) is 16.6 Å². The maximum atomic E-state index is 4.57. The molecule has 0 spiro atoms. The van der Waals surface area contributed by atoms with Crippen LogP contribution in [0.2, 0.25) is 0 Å². The van der Waals surface area contributed by atoms with E-state index in [4.69, 9.17) is 0 Å². The molecule has 0 saturated carbocycles. The quantitative estimate of drug-likeness (QED) is 0.923. The van der Waals surface area contributed by atoms with Gasteiger partial charge in [0.15, 0.2) is 0 Å². The van der Waals surface area contributed by atoms with E-state index in [-0.39, 0.29) is 0 Å². The molecule has 16 heavy (non-hydrogen) atoms. The molecule has 2 heterocycles. The molecule has 1 aliphatic rings. The van der Waals surface area contributed by atoms with Gasteiger partial charge in [-0.2, -0.15) is 0 Å². The minimum atomic E-state index is 0.621. The largest absolute Gasteiger partial charge is 0.358 e. The van der Waals surface area contributed by atoms with Crippen molar-refractivity contribution in [2.45, 2.75) is 25.8 Å². The second-order valence-corrected chi connectivity index (χ2v) is 5.26. The third-order valence-electron chi connectivity index (χ3n) is 3.05. The van der Waals surface area contributed by atoms with Crippen molar-refractivity contribution in [1.82, 2.24) is 10.3 Å². The van der Waals surface area contributed by atoms with E-state index >= 15 is 0 Å². The molecule has 0 amide bonds. The van der Waals surface area contributed by atoms with Gasteiger partial charge in [-0.1, -0.05) is 0 Å². The average Bonchev–Trinajstić information content (AvgIpc) is 2.74. The molecule has 0 aromatic carbocycles. The number of pyridine rings is 1. The Hall–Kier alpha value is -0.610. The zero-order chi connectivity index (χ0) is 11.5. The highest BCUT2D eigenvalue weighted by atomic mass is 79.9. The summed E-state index contributed by atoms with van der Waals surface area (Å²) in [5.41, 5.74) is 1.05. The number of hydrogen-bond acceptors (Lipinski definition) is 3.